The van der Waals surface area contributed by atoms with E-state index in [-0.39, 0.29) is 16.9 Å². The molecule has 70 valence electrons. The minimum Gasteiger partial charge on any atom is -0.359 e. The predicted molar refractivity (Wildman–Crippen MR) is 52.2 cm³/mol. The fourth-order valence-corrected chi connectivity index (χ4v) is 2.04. The van der Waals surface area contributed by atoms with Crippen molar-refractivity contribution in [3.8, 4) is 0 Å². The van der Waals surface area contributed by atoms with Crippen molar-refractivity contribution in [1.82, 2.24) is 0 Å². The van der Waals surface area contributed by atoms with Gasteiger partial charge in [-0.15, -0.1) is 0 Å². The molecule has 1 aromatic rings. The zero-order chi connectivity index (χ0) is 9.26. The molecule has 2 atom stereocenters. The summed E-state index contributed by atoms with van der Waals surface area (Å²) in [5.41, 5.74) is 1.06. The van der Waals surface area contributed by atoms with Crippen molar-refractivity contribution in [2.24, 2.45) is 0 Å². The third kappa shape index (κ3) is 2.09. The number of rotatable bonds is 1. The fraction of sp³-hybridized carbons (Fsp3) is 0.400. The number of ether oxygens (including phenoxy) is 1. The Bertz CT molecular complexity index is 285. The predicted octanol–water partition coefficient (Wildman–Crippen LogP) is 3.40. The van der Waals surface area contributed by atoms with Crippen molar-refractivity contribution in [2.45, 2.75) is 24.0 Å². The van der Waals surface area contributed by atoms with Crippen LogP contribution in [0.3, 0.4) is 0 Å². The fourth-order valence-electron chi connectivity index (χ4n) is 1.52. The largest absolute Gasteiger partial charge is 0.359 e. The third-order valence-corrected chi connectivity index (χ3v) is 2.88. The van der Waals surface area contributed by atoms with Crippen LogP contribution < -0.4 is 0 Å². The van der Waals surface area contributed by atoms with Crippen LogP contribution >= 0.6 is 15.9 Å². The molecule has 1 nitrogen and oxygen atoms in total. The highest BCUT2D eigenvalue weighted by atomic mass is 79.9. The Balaban J connectivity index is 2.13. The van der Waals surface area contributed by atoms with Crippen LogP contribution in [0.4, 0.5) is 4.39 Å². The molecular formula is C10H10BrFO. The molecule has 0 bridgehead atoms. The van der Waals surface area contributed by atoms with Crippen LogP contribution in [0.5, 0.6) is 0 Å². The van der Waals surface area contributed by atoms with E-state index in [1.807, 2.05) is 0 Å². The van der Waals surface area contributed by atoms with E-state index in [2.05, 4.69) is 15.9 Å². The molecule has 3 heteroatoms. The summed E-state index contributed by atoms with van der Waals surface area (Å²) >= 11 is 3.39. The van der Waals surface area contributed by atoms with Gasteiger partial charge in [0.2, 0.25) is 0 Å². The van der Waals surface area contributed by atoms with Crippen LogP contribution in [-0.2, 0) is 4.74 Å². The monoisotopic (exact) mass is 244 g/mol. The van der Waals surface area contributed by atoms with E-state index in [1.54, 1.807) is 12.1 Å². The molecule has 1 unspecified atom stereocenters. The van der Waals surface area contributed by atoms with Gasteiger partial charge in [-0.25, -0.2) is 4.39 Å². The van der Waals surface area contributed by atoms with Gasteiger partial charge in [0.25, 0.3) is 0 Å². The molecule has 2 rings (SSSR count). The standard InChI is InChI=1S/C10H10BrFO/c11-10-6-5-9(13-10)7-1-3-8(12)4-2-7/h1-4,9-10H,5-6H2/t9-,10?/m0/s1. The topological polar surface area (TPSA) is 9.23 Å². The molecule has 1 saturated heterocycles. The Morgan fingerprint density at radius 2 is 1.92 bits per heavy atom. The molecular weight excluding hydrogens is 235 g/mol. The average Bonchev–Trinajstić information content (AvgIpc) is 2.53. The molecule has 13 heavy (non-hydrogen) atoms. The van der Waals surface area contributed by atoms with Crippen LogP contribution in [-0.4, -0.2) is 5.01 Å². The number of hydrogen-bond acceptors (Lipinski definition) is 1. The van der Waals surface area contributed by atoms with Crippen LogP contribution in [0.25, 0.3) is 0 Å². The SMILES string of the molecule is Fc1ccc([C@@H]2CCC(Br)O2)cc1. The number of halogens is 2. The zero-order valence-electron chi connectivity index (χ0n) is 7.04. The normalized spacial score (nSPS) is 27.8. The minimum atomic E-state index is -0.197. The van der Waals surface area contributed by atoms with Crippen molar-refractivity contribution >= 4 is 15.9 Å². The van der Waals surface area contributed by atoms with Gasteiger partial charge in [0.1, 0.15) is 10.8 Å². The first-order valence-electron chi connectivity index (χ1n) is 4.31. The molecule has 1 aliphatic rings. The molecule has 0 N–H and O–H groups in total. The van der Waals surface area contributed by atoms with Crippen LogP contribution in [0, 0.1) is 5.82 Å². The van der Waals surface area contributed by atoms with Crippen molar-refractivity contribution in [1.29, 1.82) is 0 Å². The maximum atomic E-state index is 12.6. The summed E-state index contributed by atoms with van der Waals surface area (Å²) in [7, 11) is 0. The molecule has 1 aromatic carbocycles. The number of alkyl halides is 1. The zero-order valence-corrected chi connectivity index (χ0v) is 8.63. The first-order chi connectivity index (χ1) is 6.25. The first-order valence-corrected chi connectivity index (χ1v) is 5.22. The molecule has 0 aliphatic carbocycles. The van der Waals surface area contributed by atoms with Gasteiger partial charge in [-0.05, 0) is 30.5 Å². The Morgan fingerprint density at radius 1 is 1.23 bits per heavy atom. The highest BCUT2D eigenvalue weighted by Gasteiger charge is 2.24. The molecule has 1 aliphatic heterocycles. The molecule has 0 radical (unpaired) electrons. The van der Waals surface area contributed by atoms with E-state index >= 15 is 0 Å². The van der Waals surface area contributed by atoms with E-state index in [1.165, 1.54) is 12.1 Å². The molecule has 0 spiro atoms. The molecule has 0 saturated carbocycles. The summed E-state index contributed by atoms with van der Waals surface area (Å²) in [5.74, 6) is -0.197. The second-order valence-corrected chi connectivity index (χ2v) is 4.18. The van der Waals surface area contributed by atoms with E-state index in [0.717, 1.165) is 18.4 Å². The van der Waals surface area contributed by atoms with Gasteiger partial charge in [-0.3, -0.25) is 0 Å². The van der Waals surface area contributed by atoms with E-state index < -0.39 is 0 Å². The Labute approximate surface area is 85.0 Å². The summed E-state index contributed by atoms with van der Waals surface area (Å²) in [6, 6.07) is 6.51. The van der Waals surface area contributed by atoms with E-state index in [4.69, 9.17) is 4.74 Å². The van der Waals surface area contributed by atoms with E-state index in [0.29, 0.717) is 0 Å². The van der Waals surface area contributed by atoms with Crippen LogP contribution in [0.15, 0.2) is 24.3 Å². The molecule has 0 aromatic heterocycles. The summed E-state index contributed by atoms with van der Waals surface area (Å²) in [6.07, 6.45) is 2.15. The smallest absolute Gasteiger partial charge is 0.123 e. The molecule has 1 heterocycles. The van der Waals surface area contributed by atoms with Gasteiger partial charge < -0.3 is 4.74 Å². The Hall–Kier alpha value is -0.410. The third-order valence-electron chi connectivity index (χ3n) is 2.21. The van der Waals surface area contributed by atoms with Gasteiger partial charge in [-0.1, -0.05) is 28.1 Å². The van der Waals surface area contributed by atoms with Gasteiger partial charge >= 0.3 is 0 Å². The maximum absolute atomic E-state index is 12.6. The summed E-state index contributed by atoms with van der Waals surface area (Å²) < 4.78 is 18.2. The number of benzene rings is 1. The lowest BCUT2D eigenvalue weighted by atomic mass is 10.1. The first kappa shape index (κ1) is 9.16. The van der Waals surface area contributed by atoms with Crippen molar-refractivity contribution in [3.63, 3.8) is 0 Å². The molecule has 0 amide bonds. The Morgan fingerprint density at radius 3 is 2.46 bits per heavy atom. The summed E-state index contributed by atoms with van der Waals surface area (Å²) in [4.78, 5) is 0. The van der Waals surface area contributed by atoms with Gasteiger partial charge in [0.05, 0.1) is 6.10 Å². The maximum Gasteiger partial charge on any atom is 0.123 e. The van der Waals surface area contributed by atoms with Crippen LogP contribution in [0.2, 0.25) is 0 Å². The summed E-state index contributed by atoms with van der Waals surface area (Å²) in [5, 5.41) is 0.155. The second-order valence-electron chi connectivity index (χ2n) is 3.16. The van der Waals surface area contributed by atoms with Crippen LogP contribution in [0.1, 0.15) is 24.5 Å². The number of hydrogen-bond donors (Lipinski definition) is 0. The average molecular weight is 245 g/mol. The van der Waals surface area contributed by atoms with Gasteiger partial charge in [0.15, 0.2) is 0 Å². The van der Waals surface area contributed by atoms with Gasteiger partial charge in [-0.2, -0.15) is 0 Å². The van der Waals surface area contributed by atoms with E-state index in [9.17, 15) is 4.39 Å². The molecule has 1 fully saturated rings. The highest BCUT2D eigenvalue weighted by molar-refractivity contribution is 9.09. The lowest BCUT2D eigenvalue weighted by Gasteiger charge is -2.09. The van der Waals surface area contributed by atoms with Crippen molar-refractivity contribution in [2.75, 3.05) is 0 Å². The highest BCUT2D eigenvalue weighted by Crippen LogP contribution is 2.34. The van der Waals surface area contributed by atoms with Gasteiger partial charge in [0, 0.05) is 0 Å². The second kappa shape index (κ2) is 3.76. The minimum absolute atomic E-state index is 0.130. The Kier molecular flexibility index (Phi) is 2.65. The van der Waals surface area contributed by atoms with Crippen molar-refractivity contribution in [3.05, 3.63) is 35.6 Å². The van der Waals surface area contributed by atoms with Crippen molar-refractivity contribution < 1.29 is 9.13 Å². The lowest BCUT2D eigenvalue weighted by molar-refractivity contribution is 0.0962. The quantitative estimate of drug-likeness (QED) is 0.689. The summed E-state index contributed by atoms with van der Waals surface area (Å²) in [6.45, 7) is 0. The lowest BCUT2D eigenvalue weighted by Crippen LogP contribution is -1.98.